The molecule has 0 spiro atoms. The molecule has 0 aromatic carbocycles. The number of rotatable bonds is 2. The summed E-state index contributed by atoms with van der Waals surface area (Å²) in [6.45, 7) is 5.82. The smallest absolute Gasteiger partial charge is 0.00885 e. The Labute approximate surface area is 74.3 Å². The van der Waals surface area contributed by atoms with Gasteiger partial charge in [-0.2, -0.15) is 0 Å². The summed E-state index contributed by atoms with van der Waals surface area (Å²) in [6.07, 6.45) is 15.5. The first-order chi connectivity index (χ1) is 5.88. The van der Waals surface area contributed by atoms with E-state index in [2.05, 4.69) is 37.0 Å². The monoisotopic (exact) mass is 158 g/mol. The molecule has 1 aliphatic rings. The number of allylic oxidation sites excluding steroid dienone is 9. The van der Waals surface area contributed by atoms with Crippen LogP contribution in [0.25, 0.3) is 0 Å². The minimum atomic E-state index is 0.999. The van der Waals surface area contributed by atoms with E-state index < -0.39 is 0 Å². The Morgan fingerprint density at radius 2 is 2.25 bits per heavy atom. The van der Waals surface area contributed by atoms with Crippen LogP contribution < -0.4 is 0 Å². The molecule has 1 aliphatic carbocycles. The maximum Gasteiger partial charge on any atom is -0.00885 e. The third kappa shape index (κ3) is 2.09. The number of hydrogen-bond donors (Lipinski definition) is 0. The fourth-order valence-electron chi connectivity index (χ4n) is 1.22. The quantitative estimate of drug-likeness (QED) is 0.576. The van der Waals surface area contributed by atoms with Gasteiger partial charge in [0.2, 0.25) is 0 Å². The van der Waals surface area contributed by atoms with Gasteiger partial charge >= 0.3 is 0 Å². The van der Waals surface area contributed by atoms with E-state index in [1.807, 2.05) is 19.1 Å². The minimum Gasteiger partial charge on any atom is -0.0985 e. The van der Waals surface area contributed by atoms with Crippen LogP contribution in [0.15, 0.2) is 60.3 Å². The molecule has 0 bridgehead atoms. The van der Waals surface area contributed by atoms with Crippen molar-refractivity contribution >= 4 is 0 Å². The summed E-state index contributed by atoms with van der Waals surface area (Å²) >= 11 is 0. The predicted octanol–water partition coefficient (Wildman–Crippen LogP) is 3.56. The van der Waals surface area contributed by atoms with Crippen LogP contribution in [0.5, 0.6) is 0 Å². The molecule has 62 valence electrons. The summed E-state index contributed by atoms with van der Waals surface area (Å²) in [5.74, 6) is 0. The highest BCUT2D eigenvalue weighted by Gasteiger charge is 1.97. The normalized spacial score (nSPS) is 17.1. The van der Waals surface area contributed by atoms with Crippen LogP contribution >= 0.6 is 0 Å². The van der Waals surface area contributed by atoms with Crippen LogP contribution in [0.2, 0.25) is 0 Å². The molecule has 0 heterocycles. The van der Waals surface area contributed by atoms with E-state index in [-0.39, 0.29) is 0 Å². The second kappa shape index (κ2) is 4.55. The zero-order valence-electron chi connectivity index (χ0n) is 7.46. The average molecular weight is 158 g/mol. The lowest BCUT2D eigenvalue weighted by molar-refractivity contribution is 1.26. The molecule has 0 amide bonds. The molecule has 0 saturated heterocycles. The van der Waals surface area contributed by atoms with Gasteiger partial charge in [0.05, 0.1) is 0 Å². The molecular formula is C12H14. The van der Waals surface area contributed by atoms with Gasteiger partial charge in [0, 0.05) is 0 Å². The number of hydrogen-bond acceptors (Lipinski definition) is 0. The molecule has 12 heavy (non-hydrogen) atoms. The van der Waals surface area contributed by atoms with Crippen molar-refractivity contribution in [2.75, 3.05) is 0 Å². The van der Waals surface area contributed by atoms with Gasteiger partial charge in [-0.1, -0.05) is 49.1 Å². The fraction of sp³-hybridized carbons (Fsp3) is 0.167. The molecule has 0 saturated carbocycles. The Morgan fingerprint density at radius 1 is 1.42 bits per heavy atom. The lowest BCUT2D eigenvalue weighted by atomic mass is 10.1. The van der Waals surface area contributed by atoms with Gasteiger partial charge in [0.1, 0.15) is 0 Å². The average Bonchev–Trinajstić information content (AvgIpc) is 2.30. The van der Waals surface area contributed by atoms with Gasteiger partial charge in [-0.25, -0.2) is 0 Å². The summed E-state index contributed by atoms with van der Waals surface area (Å²) in [6, 6.07) is 0. The zero-order chi connectivity index (χ0) is 8.81. The highest BCUT2D eigenvalue weighted by Crippen LogP contribution is 2.16. The second-order valence-electron chi connectivity index (χ2n) is 2.68. The Balaban J connectivity index is 3.00. The first-order valence-electron chi connectivity index (χ1n) is 4.20. The van der Waals surface area contributed by atoms with E-state index >= 15 is 0 Å². The highest BCUT2D eigenvalue weighted by molar-refractivity contribution is 5.43. The maximum absolute atomic E-state index is 3.79. The lowest BCUT2D eigenvalue weighted by Gasteiger charge is -2.00. The van der Waals surface area contributed by atoms with Crippen molar-refractivity contribution in [1.29, 1.82) is 0 Å². The fourth-order valence-corrected chi connectivity index (χ4v) is 1.22. The maximum atomic E-state index is 3.79. The van der Waals surface area contributed by atoms with Crippen molar-refractivity contribution in [3.63, 3.8) is 0 Å². The molecule has 0 aromatic heterocycles. The van der Waals surface area contributed by atoms with Crippen molar-refractivity contribution in [3.8, 4) is 0 Å². The van der Waals surface area contributed by atoms with Crippen LogP contribution in [0.1, 0.15) is 13.3 Å². The highest BCUT2D eigenvalue weighted by atomic mass is 14.0. The van der Waals surface area contributed by atoms with E-state index in [4.69, 9.17) is 0 Å². The van der Waals surface area contributed by atoms with Gasteiger partial charge in [-0.3, -0.25) is 0 Å². The standard InChI is InChI=1S/C12H14/c1-3-8-12-10-7-5-6-9-11(12)4-2/h3-9H,2,10H2,1H3/b8-3-. The Kier molecular flexibility index (Phi) is 3.34. The minimum absolute atomic E-state index is 0.999. The van der Waals surface area contributed by atoms with E-state index in [9.17, 15) is 0 Å². The third-order valence-electron chi connectivity index (χ3n) is 1.82. The topological polar surface area (TPSA) is 0 Å². The first-order valence-corrected chi connectivity index (χ1v) is 4.20. The van der Waals surface area contributed by atoms with Gasteiger partial charge in [0.25, 0.3) is 0 Å². The van der Waals surface area contributed by atoms with E-state index in [0.29, 0.717) is 0 Å². The summed E-state index contributed by atoms with van der Waals surface area (Å²) in [5.41, 5.74) is 2.55. The van der Waals surface area contributed by atoms with Crippen molar-refractivity contribution < 1.29 is 0 Å². The lowest BCUT2D eigenvalue weighted by Crippen LogP contribution is -1.80. The van der Waals surface area contributed by atoms with Crippen molar-refractivity contribution in [1.82, 2.24) is 0 Å². The largest absolute Gasteiger partial charge is 0.0985 e. The molecule has 0 aliphatic heterocycles. The van der Waals surface area contributed by atoms with Gasteiger partial charge in [-0.05, 0) is 24.5 Å². The molecule has 0 N–H and O–H groups in total. The SMILES string of the molecule is C=CC1=C(/C=C\C)CC=CC=C1. The summed E-state index contributed by atoms with van der Waals surface area (Å²) in [5, 5.41) is 0. The van der Waals surface area contributed by atoms with Crippen molar-refractivity contribution in [3.05, 3.63) is 60.3 Å². The third-order valence-corrected chi connectivity index (χ3v) is 1.82. The molecular weight excluding hydrogens is 144 g/mol. The molecule has 0 fully saturated rings. The molecule has 0 radical (unpaired) electrons. The van der Waals surface area contributed by atoms with Crippen LogP contribution in [-0.2, 0) is 0 Å². The van der Waals surface area contributed by atoms with Gasteiger partial charge in [0.15, 0.2) is 0 Å². The first kappa shape index (κ1) is 8.79. The molecule has 1 rings (SSSR count). The van der Waals surface area contributed by atoms with Gasteiger partial charge in [-0.15, -0.1) is 0 Å². The van der Waals surface area contributed by atoms with Crippen molar-refractivity contribution in [2.24, 2.45) is 0 Å². The van der Waals surface area contributed by atoms with Crippen LogP contribution in [0.4, 0.5) is 0 Å². The molecule has 0 nitrogen and oxygen atoms in total. The van der Waals surface area contributed by atoms with Crippen molar-refractivity contribution in [2.45, 2.75) is 13.3 Å². The van der Waals surface area contributed by atoms with E-state index in [1.54, 1.807) is 0 Å². The second-order valence-corrected chi connectivity index (χ2v) is 2.68. The van der Waals surface area contributed by atoms with Gasteiger partial charge < -0.3 is 0 Å². The Bertz CT molecular complexity index is 272. The summed E-state index contributed by atoms with van der Waals surface area (Å²) in [7, 11) is 0. The van der Waals surface area contributed by atoms with Crippen LogP contribution in [-0.4, -0.2) is 0 Å². The summed E-state index contributed by atoms with van der Waals surface area (Å²) < 4.78 is 0. The molecule has 0 atom stereocenters. The molecule has 0 aromatic rings. The van der Waals surface area contributed by atoms with Crippen LogP contribution in [0, 0.1) is 0 Å². The molecule has 0 unspecified atom stereocenters. The Morgan fingerprint density at radius 3 is 2.92 bits per heavy atom. The zero-order valence-corrected chi connectivity index (χ0v) is 7.46. The van der Waals surface area contributed by atoms with E-state index in [0.717, 1.165) is 6.42 Å². The van der Waals surface area contributed by atoms with E-state index in [1.165, 1.54) is 11.1 Å². The molecule has 0 heteroatoms. The summed E-state index contributed by atoms with van der Waals surface area (Å²) in [4.78, 5) is 0. The Hall–Kier alpha value is -1.30. The predicted molar refractivity (Wildman–Crippen MR) is 54.9 cm³/mol. The van der Waals surface area contributed by atoms with Crippen LogP contribution in [0.3, 0.4) is 0 Å².